The molecule has 1 atom stereocenters. The number of amides is 1. The molecule has 0 aliphatic heterocycles. The van der Waals surface area contributed by atoms with E-state index in [1.165, 1.54) is 23.3 Å². The highest BCUT2D eigenvalue weighted by molar-refractivity contribution is 5.97. The molecule has 168 valence electrons. The fourth-order valence-corrected chi connectivity index (χ4v) is 3.11. The molecule has 10 heteroatoms. The summed E-state index contributed by atoms with van der Waals surface area (Å²) < 4.78 is 7.54. The van der Waals surface area contributed by atoms with Crippen molar-refractivity contribution in [2.75, 3.05) is 6.61 Å². The fraction of sp³-hybridized carbons (Fsp3) is 0.318. The number of hydrogen-bond acceptors (Lipinski definition) is 6. The van der Waals surface area contributed by atoms with Gasteiger partial charge in [-0.05, 0) is 61.4 Å². The Morgan fingerprint density at radius 1 is 1.09 bits per heavy atom. The average Bonchev–Trinajstić information content (AvgIpc) is 3.12. The van der Waals surface area contributed by atoms with Gasteiger partial charge in [-0.15, -0.1) is 5.10 Å². The van der Waals surface area contributed by atoms with Crippen LogP contribution >= 0.6 is 0 Å². The Bertz CT molecular complexity index is 1140. The second-order valence-corrected chi connectivity index (χ2v) is 7.43. The lowest BCUT2D eigenvalue weighted by Gasteiger charge is -2.13. The molecule has 32 heavy (non-hydrogen) atoms. The predicted molar refractivity (Wildman–Crippen MR) is 115 cm³/mol. The lowest BCUT2D eigenvalue weighted by Crippen LogP contribution is -2.42. The van der Waals surface area contributed by atoms with Crippen molar-refractivity contribution in [2.45, 2.75) is 39.3 Å². The number of nitrogens with zero attached hydrogens (tertiary/aromatic N) is 3. The Labute approximate surface area is 183 Å². The van der Waals surface area contributed by atoms with E-state index in [1.807, 2.05) is 24.6 Å². The van der Waals surface area contributed by atoms with Crippen LogP contribution in [0, 0.1) is 13.8 Å². The van der Waals surface area contributed by atoms with Crippen molar-refractivity contribution in [3.63, 3.8) is 0 Å². The maximum Gasteiger partial charge on any atom is 0.326 e. The molecule has 1 amide bonds. The third-order valence-electron chi connectivity index (χ3n) is 5.01. The first-order chi connectivity index (χ1) is 15.2. The van der Waals surface area contributed by atoms with Crippen molar-refractivity contribution in [1.82, 2.24) is 20.3 Å². The zero-order valence-corrected chi connectivity index (χ0v) is 17.7. The Hall–Kier alpha value is -3.95. The summed E-state index contributed by atoms with van der Waals surface area (Å²) in [5.74, 6) is -2.85. The van der Waals surface area contributed by atoms with Gasteiger partial charge in [0.25, 0.3) is 5.91 Å². The van der Waals surface area contributed by atoms with E-state index >= 15 is 0 Å². The molecule has 0 bridgehead atoms. The number of nitrogens with one attached hydrogen (secondary N) is 1. The van der Waals surface area contributed by atoms with Gasteiger partial charge < -0.3 is 20.3 Å². The van der Waals surface area contributed by atoms with Gasteiger partial charge in [-0.3, -0.25) is 9.59 Å². The number of carbonyl (C=O) groups is 3. The minimum absolute atomic E-state index is 0.203. The number of fused-ring (bicyclic) bond motifs is 1. The van der Waals surface area contributed by atoms with Crippen LogP contribution in [0.2, 0.25) is 0 Å². The minimum Gasteiger partial charge on any atom is -0.494 e. The van der Waals surface area contributed by atoms with E-state index in [-0.39, 0.29) is 5.56 Å². The van der Waals surface area contributed by atoms with Crippen molar-refractivity contribution in [2.24, 2.45) is 0 Å². The van der Waals surface area contributed by atoms with Gasteiger partial charge in [0.15, 0.2) is 0 Å². The molecule has 3 rings (SSSR count). The van der Waals surface area contributed by atoms with E-state index in [2.05, 4.69) is 21.7 Å². The Morgan fingerprint density at radius 3 is 2.44 bits per heavy atom. The second kappa shape index (κ2) is 9.90. The molecular weight excluding hydrogens is 416 g/mol. The number of aryl methyl sites for hydroxylation is 3. The van der Waals surface area contributed by atoms with Gasteiger partial charge in [-0.2, -0.15) is 0 Å². The highest BCUT2D eigenvalue weighted by Crippen LogP contribution is 2.18. The molecule has 3 aromatic rings. The SMILES string of the molecule is Cc1cc2nnn(CCCOc3ccc(C(=O)NC(CC(=O)O)C(=O)O)cc3)c2cc1C. The Morgan fingerprint density at radius 2 is 1.78 bits per heavy atom. The van der Waals surface area contributed by atoms with Gasteiger partial charge in [0, 0.05) is 18.5 Å². The minimum atomic E-state index is -1.50. The van der Waals surface area contributed by atoms with Crippen LogP contribution in [0.5, 0.6) is 5.75 Å². The highest BCUT2D eigenvalue weighted by Gasteiger charge is 2.23. The molecular formula is C22H24N4O6. The van der Waals surface area contributed by atoms with Crippen molar-refractivity contribution >= 4 is 28.9 Å². The van der Waals surface area contributed by atoms with Gasteiger partial charge in [-0.1, -0.05) is 5.21 Å². The highest BCUT2D eigenvalue weighted by atomic mass is 16.5. The van der Waals surface area contributed by atoms with Crippen molar-refractivity contribution in [3.05, 3.63) is 53.1 Å². The molecule has 1 aromatic heterocycles. The quantitative estimate of drug-likeness (QED) is 0.407. The van der Waals surface area contributed by atoms with Gasteiger partial charge >= 0.3 is 11.9 Å². The standard InChI is InChI=1S/C22H24N4O6/c1-13-10-17-19(11-14(13)2)26(25-24-17)8-3-9-32-16-6-4-15(5-7-16)21(29)23-18(22(30)31)12-20(27)28/h4-7,10-11,18H,3,8-9,12H2,1-2H3,(H,23,29)(H,27,28)(H,30,31). The van der Waals surface area contributed by atoms with Crippen LogP contribution in [0.25, 0.3) is 11.0 Å². The summed E-state index contributed by atoms with van der Waals surface area (Å²) in [5, 5.41) is 28.4. The van der Waals surface area contributed by atoms with Crippen LogP contribution in [0.3, 0.4) is 0 Å². The molecule has 0 aliphatic carbocycles. The summed E-state index contributed by atoms with van der Waals surface area (Å²) in [6, 6.07) is 8.75. The fourth-order valence-electron chi connectivity index (χ4n) is 3.11. The summed E-state index contributed by atoms with van der Waals surface area (Å²) in [7, 11) is 0. The lowest BCUT2D eigenvalue weighted by molar-refractivity contribution is -0.145. The summed E-state index contributed by atoms with van der Waals surface area (Å²) >= 11 is 0. The molecule has 0 saturated carbocycles. The first-order valence-electron chi connectivity index (χ1n) is 10.0. The van der Waals surface area contributed by atoms with E-state index < -0.39 is 30.3 Å². The van der Waals surface area contributed by atoms with Gasteiger partial charge in [0.1, 0.15) is 17.3 Å². The molecule has 2 aromatic carbocycles. The summed E-state index contributed by atoms with van der Waals surface area (Å²) in [6.07, 6.45) is -0.00833. The lowest BCUT2D eigenvalue weighted by atomic mass is 10.1. The molecule has 3 N–H and O–H groups in total. The second-order valence-electron chi connectivity index (χ2n) is 7.43. The molecule has 0 radical (unpaired) electrons. The first-order valence-corrected chi connectivity index (χ1v) is 10.0. The first kappa shape index (κ1) is 22.7. The molecule has 10 nitrogen and oxygen atoms in total. The van der Waals surface area contributed by atoms with E-state index in [4.69, 9.17) is 14.9 Å². The maximum absolute atomic E-state index is 12.2. The molecule has 0 saturated heterocycles. The summed E-state index contributed by atoms with van der Waals surface area (Å²) in [5.41, 5.74) is 4.39. The topological polar surface area (TPSA) is 144 Å². The van der Waals surface area contributed by atoms with Gasteiger partial charge in [0.05, 0.1) is 18.5 Å². The molecule has 0 spiro atoms. The Kier molecular flexibility index (Phi) is 7.04. The van der Waals surface area contributed by atoms with E-state index in [9.17, 15) is 14.4 Å². The number of rotatable bonds is 10. The van der Waals surface area contributed by atoms with Gasteiger partial charge in [0.2, 0.25) is 0 Å². The zero-order chi connectivity index (χ0) is 23.3. The van der Waals surface area contributed by atoms with E-state index in [0.717, 1.165) is 11.0 Å². The molecule has 0 aliphatic rings. The zero-order valence-electron chi connectivity index (χ0n) is 17.7. The number of hydrogen-bond donors (Lipinski definition) is 3. The number of ether oxygens (including phenoxy) is 1. The number of carboxylic acid groups (broad SMARTS) is 2. The van der Waals surface area contributed by atoms with Crippen LogP contribution in [-0.4, -0.2) is 55.7 Å². The molecule has 0 fully saturated rings. The van der Waals surface area contributed by atoms with E-state index in [1.54, 1.807) is 12.1 Å². The van der Waals surface area contributed by atoms with Crippen LogP contribution in [-0.2, 0) is 16.1 Å². The van der Waals surface area contributed by atoms with Crippen LogP contribution in [0.4, 0.5) is 0 Å². The monoisotopic (exact) mass is 440 g/mol. The van der Waals surface area contributed by atoms with Crippen LogP contribution < -0.4 is 10.1 Å². The smallest absolute Gasteiger partial charge is 0.326 e. The number of carboxylic acids is 2. The molecule has 1 heterocycles. The largest absolute Gasteiger partial charge is 0.494 e. The number of carbonyl (C=O) groups excluding carboxylic acids is 1. The summed E-state index contributed by atoms with van der Waals surface area (Å²) in [4.78, 5) is 34.0. The van der Waals surface area contributed by atoms with Gasteiger partial charge in [-0.25, -0.2) is 9.48 Å². The predicted octanol–water partition coefficient (Wildman–Crippen LogP) is 2.17. The number of benzene rings is 2. The normalized spacial score (nSPS) is 11.8. The third kappa shape index (κ3) is 5.60. The Balaban J connectivity index is 1.51. The van der Waals surface area contributed by atoms with Crippen LogP contribution in [0.15, 0.2) is 36.4 Å². The number of aliphatic carboxylic acids is 2. The van der Waals surface area contributed by atoms with Crippen molar-refractivity contribution < 1.29 is 29.3 Å². The van der Waals surface area contributed by atoms with Crippen molar-refractivity contribution in [1.29, 1.82) is 0 Å². The van der Waals surface area contributed by atoms with Crippen LogP contribution in [0.1, 0.15) is 34.3 Å². The summed E-state index contributed by atoms with van der Waals surface area (Å²) in [6.45, 7) is 5.15. The third-order valence-corrected chi connectivity index (χ3v) is 5.01. The van der Waals surface area contributed by atoms with Crippen molar-refractivity contribution in [3.8, 4) is 5.75 Å². The maximum atomic E-state index is 12.2. The molecule has 1 unspecified atom stereocenters. The van der Waals surface area contributed by atoms with E-state index in [0.29, 0.717) is 25.3 Å². The number of aromatic nitrogens is 3. The average molecular weight is 440 g/mol.